The molecule has 7 heteroatoms. The molecule has 26 heavy (non-hydrogen) atoms. The predicted molar refractivity (Wildman–Crippen MR) is 103 cm³/mol. The first-order valence-electron chi connectivity index (χ1n) is 8.23. The second-order valence-corrected chi connectivity index (χ2v) is 8.13. The smallest absolute Gasteiger partial charge is 0.229 e. The summed E-state index contributed by atoms with van der Waals surface area (Å²) in [6.45, 7) is 1.13. The van der Waals surface area contributed by atoms with Gasteiger partial charge in [0.25, 0.3) is 0 Å². The fourth-order valence-electron chi connectivity index (χ4n) is 3.31. The Labute approximate surface area is 164 Å². The number of amides is 1. The summed E-state index contributed by atoms with van der Waals surface area (Å²) in [4.78, 5) is 16.7. The van der Waals surface area contributed by atoms with Gasteiger partial charge in [0.1, 0.15) is 5.76 Å². The van der Waals surface area contributed by atoms with Crippen molar-refractivity contribution in [1.82, 2.24) is 9.80 Å². The third-order valence-electron chi connectivity index (χ3n) is 4.58. The lowest BCUT2D eigenvalue weighted by atomic mass is 9.86. The number of hydrogen-bond donors (Lipinski definition) is 0. The average molecular weight is 430 g/mol. The fourth-order valence-corrected chi connectivity index (χ4v) is 4.71. The Hall–Kier alpha value is -2.01. The van der Waals surface area contributed by atoms with E-state index in [2.05, 4.69) is 26.9 Å². The van der Waals surface area contributed by atoms with Crippen LogP contribution < -0.4 is 0 Å². The van der Waals surface area contributed by atoms with Crippen LogP contribution in [0, 0.1) is 11.3 Å². The van der Waals surface area contributed by atoms with E-state index in [0.717, 1.165) is 26.7 Å². The number of allylic oxidation sites excluding steroid dienone is 1. The molecule has 1 aromatic carbocycles. The molecule has 2 aliphatic heterocycles. The number of hydrogen-bond acceptors (Lipinski definition) is 5. The van der Waals surface area contributed by atoms with Crippen molar-refractivity contribution in [2.45, 2.75) is 18.9 Å². The SMILES string of the molecule is N#CC1=C2SCN(Cc3ccco3)CN2C(=O)C[C@@H]1c1ccc(Br)cc1. The van der Waals surface area contributed by atoms with Gasteiger partial charge in [-0.05, 0) is 29.8 Å². The van der Waals surface area contributed by atoms with E-state index in [1.807, 2.05) is 36.4 Å². The van der Waals surface area contributed by atoms with Gasteiger partial charge in [-0.2, -0.15) is 5.26 Å². The summed E-state index contributed by atoms with van der Waals surface area (Å²) in [6, 6.07) is 14.0. The zero-order valence-electron chi connectivity index (χ0n) is 13.9. The molecule has 4 rings (SSSR count). The van der Waals surface area contributed by atoms with E-state index in [4.69, 9.17) is 4.42 Å². The van der Waals surface area contributed by atoms with E-state index in [9.17, 15) is 10.1 Å². The zero-order chi connectivity index (χ0) is 18.1. The van der Waals surface area contributed by atoms with Crippen molar-refractivity contribution in [2.75, 3.05) is 12.5 Å². The molecule has 1 fully saturated rings. The lowest BCUT2D eigenvalue weighted by Crippen LogP contribution is -2.46. The van der Waals surface area contributed by atoms with Crippen LogP contribution in [0.2, 0.25) is 0 Å². The third-order valence-corrected chi connectivity index (χ3v) is 6.32. The summed E-state index contributed by atoms with van der Waals surface area (Å²) in [7, 11) is 0. The Morgan fingerprint density at radius 1 is 1.31 bits per heavy atom. The highest BCUT2D eigenvalue weighted by Gasteiger charge is 2.38. The van der Waals surface area contributed by atoms with Crippen LogP contribution in [0.4, 0.5) is 0 Å². The van der Waals surface area contributed by atoms with Gasteiger partial charge in [0.2, 0.25) is 5.91 Å². The molecule has 0 spiro atoms. The van der Waals surface area contributed by atoms with Gasteiger partial charge in [-0.1, -0.05) is 39.8 Å². The quantitative estimate of drug-likeness (QED) is 0.729. The molecule has 132 valence electrons. The van der Waals surface area contributed by atoms with Crippen molar-refractivity contribution in [2.24, 2.45) is 0 Å². The minimum Gasteiger partial charge on any atom is -0.468 e. The van der Waals surface area contributed by atoms with Gasteiger partial charge in [0.15, 0.2) is 0 Å². The average Bonchev–Trinajstić information content (AvgIpc) is 3.15. The van der Waals surface area contributed by atoms with Gasteiger partial charge in [0, 0.05) is 16.8 Å². The standard InChI is InChI=1S/C19H16BrN3O2S/c20-14-5-3-13(4-6-14)16-8-18(24)23-11-22(10-15-2-1-7-25-15)12-26-19(23)17(16)9-21/h1-7,16H,8,10-12H2/t16-/m1/s1. The fraction of sp³-hybridized carbons (Fsp3) is 0.263. The van der Waals surface area contributed by atoms with Crippen molar-refractivity contribution < 1.29 is 9.21 Å². The third kappa shape index (κ3) is 3.32. The normalized spacial score (nSPS) is 20.8. The molecule has 0 unspecified atom stereocenters. The van der Waals surface area contributed by atoms with Crippen LogP contribution in [0.5, 0.6) is 0 Å². The lowest BCUT2D eigenvalue weighted by molar-refractivity contribution is -0.132. The van der Waals surface area contributed by atoms with Crippen LogP contribution in [-0.2, 0) is 11.3 Å². The second kappa shape index (κ2) is 7.31. The summed E-state index contributed by atoms with van der Waals surface area (Å²) >= 11 is 4.98. The number of benzene rings is 1. The second-order valence-electron chi connectivity index (χ2n) is 6.28. The molecule has 2 aliphatic rings. The lowest BCUT2D eigenvalue weighted by Gasteiger charge is -2.41. The van der Waals surface area contributed by atoms with Crippen LogP contribution in [0.15, 0.2) is 62.2 Å². The molecule has 1 atom stereocenters. The number of rotatable bonds is 3. The number of thioether (sulfide) groups is 1. The largest absolute Gasteiger partial charge is 0.468 e. The van der Waals surface area contributed by atoms with Gasteiger partial charge in [-0.25, -0.2) is 0 Å². The number of nitriles is 1. The summed E-state index contributed by atoms with van der Waals surface area (Å²) in [6.07, 6.45) is 1.98. The van der Waals surface area contributed by atoms with Crippen molar-refractivity contribution in [3.63, 3.8) is 0 Å². The van der Waals surface area contributed by atoms with Gasteiger partial charge in [0.05, 0.1) is 42.0 Å². The minimum atomic E-state index is -0.170. The predicted octanol–water partition coefficient (Wildman–Crippen LogP) is 4.26. The first-order valence-corrected chi connectivity index (χ1v) is 10.0. The molecule has 1 amide bonds. The maximum atomic E-state index is 12.8. The Kier molecular flexibility index (Phi) is 4.90. The Morgan fingerprint density at radius 2 is 2.12 bits per heavy atom. The van der Waals surface area contributed by atoms with Crippen molar-refractivity contribution in [3.05, 3.63) is 69.1 Å². The molecule has 0 N–H and O–H groups in total. The van der Waals surface area contributed by atoms with E-state index < -0.39 is 0 Å². The molecular weight excluding hydrogens is 414 g/mol. The zero-order valence-corrected chi connectivity index (χ0v) is 16.3. The van der Waals surface area contributed by atoms with Crippen LogP contribution in [0.1, 0.15) is 23.7 Å². The van der Waals surface area contributed by atoms with Crippen LogP contribution in [0.3, 0.4) is 0 Å². The summed E-state index contributed by atoms with van der Waals surface area (Å²) in [5.74, 6) is 1.48. The van der Waals surface area contributed by atoms with Gasteiger partial charge < -0.3 is 4.42 Å². The highest BCUT2D eigenvalue weighted by atomic mass is 79.9. The number of furan rings is 1. The number of carbonyl (C=O) groups is 1. The first kappa shape index (κ1) is 17.4. The van der Waals surface area contributed by atoms with Crippen molar-refractivity contribution in [1.29, 1.82) is 5.26 Å². The van der Waals surface area contributed by atoms with E-state index >= 15 is 0 Å². The van der Waals surface area contributed by atoms with Gasteiger partial charge in [-0.3, -0.25) is 14.6 Å². The first-order chi connectivity index (χ1) is 12.7. The van der Waals surface area contributed by atoms with Gasteiger partial charge in [-0.15, -0.1) is 0 Å². The Balaban J connectivity index is 1.60. The van der Waals surface area contributed by atoms with E-state index in [1.54, 1.807) is 22.9 Å². The number of halogens is 1. The molecule has 1 saturated heterocycles. The molecule has 0 aliphatic carbocycles. The Bertz CT molecular complexity index is 887. The minimum absolute atomic E-state index is 0.0589. The molecule has 5 nitrogen and oxygen atoms in total. The molecule has 0 saturated carbocycles. The molecule has 0 bridgehead atoms. The number of fused-ring (bicyclic) bond motifs is 1. The van der Waals surface area contributed by atoms with E-state index in [-0.39, 0.29) is 11.8 Å². The number of carbonyl (C=O) groups excluding carboxylic acids is 1. The monoisotopic (exact) mass is 429 g/mol. The highest BCUT2D eigenvalue weighted by molar-refractivity contribution is 9.10. The van der Waals surface area contributed by atoms with Crippen molar-refractivity contribution in [3.8, 4) is 6.07 Å². The van der Waals surface area contributed by atoms with E-state index in [0.29, 0.717) is 25.2 Å². The molecule has 0 radical (unpaired) electrons. The Morgan fingerprint density at radius 3 is 2.81 bits per heavy atom. The molecular formula is C19H16BrN3O2S. The maximum absolute atomic E-state index is 12.8. The molecule has 3 heterocycles. The molecule has 1 aromatic heterocycles. The van der Waals surface area contributed by atoms with Crippen LogP contribution >= 0.6 is 27.7 Å². The number of nitrogens with zero attached hydrogens (tertiary/aromatic N) is 3. The molecule has 2 aromatic rings. The van der Waals surface area contributed by atoms with Crippen molar-refractivity contribution >= 4 is 33.6 Å². The van der Waals surface area contributed by atoms with Gasteiger partial charge >= 0.3 is 0 Å². The summed E-state index contributed by atoms with van der Waals surface area (Å²) in [5, 5.41) is 10.6. The maximum Gasteiger partial charge on any atom is 0.229 e. The highest BCUT2D eigenvalue weighted by Crippen LogP contribution is 2.42. The summed E-state index contributed by atoms with van der Waals surface area (Å²) < 4.78 is 6.39. The van der Waals surface area contributed by atoms with Crippen LogP contribution in [-0.4, -0.2) is 28.3 Å². The summed E-state index contributed by atoms with van der Waals surface area (Å²) in [5.41, 5.74) is 1.69. The van der Waals surface area contributed by atoms with Crippen LogP contribution in [0.25, 0.3) is 0 Å². The van der Waals surface area contributed by atoms with E-state index in [1.165, 1.54) is 0 Å². The topological polar surface area (TPSA) is 60.5 Å².